The minimum atomic E-state index is -0.358. The number of halogens is 1. The van der Waals surface area contributed by atoms with E-state index in [9.17, 15) is 14.0 Å². The normalized spacial score (nSPS) is 20.8. The number of fused-ring (bicyclic) bond motifs is 3. The molecule has 2 aromatic carbocycles. The Morgan fingerprint density at radius 1 is 1.20 bits per heavy atom. The van der Waals surface area contributed by atoms with Gasteiger partial charge in [-0.05, 0) is 55.7 Å². The van der Waals surface area contributed by atoms with Crippen molar-refractivity contribution in [2.45, 2.75) is 31.8 Å². The van der Waals surface area contributed by atoms with Crippen molar-refractivity contribution in [3.05, 3.63) is 59.5 Å². The third-order valence-corrected chi connectivity index (χ3v) is 6.24. The van der Waals surface area contributed by atoms with Gasteiger partial charge in [0.1, 0.15) is 17.6 Å². The van der Waals surface area contributed by atoms with Crippen molar-refractivity contribution in [2.24, 2.45) is 0 Å². The zero-order valence-electron chi connectivity index (χ0n) is 16.9. The number of aromatic amines is 1. The molecule has 2 unspecified atom stereocenters. The summed E-state index contributed by atoms with van der Waals surface area (Å²) in [5, 5.41) is 3.30. The first-order valence-corrected chi connectivity index (χ1v) is 10.1. The lowest BCUT2D eigenvalue weighted by Gasteiger charge is -2.40. The number of benzene rings is 2. The van der Waals surface area contributed by atoms with Gasteiger partial charge in [0.2, 0.25) is 5.91 Å². The Hall–Kier alpha value is -3.35. The Labute approximate surface area is 173 Å². The molecule has 7 heteroatoms. The van der Waals surface area contributed by atoms with E-state index in [1.165, 1.54) is 12.1 Å². The maximum atomic E-state index is 14.1. The number of rotatable bonds is 3. The van der Waals surface area contributed by atoms with Crippen LogP contribution in [0.3, 0.4) is 0 Å². The van der Waals surface area contributed by atoms with Crippen molar-refractivity contribution < 1.29 is 14.0 Å². The maximum Gasteiger partial charge on any atom is 0.272 e. The lowest BCUT2D eigenvalue weighted by atomic mass is 10.1. The van der Waals surface area contributed by atoms with Gasteiger partial charge in [-0.3, -0.25) is 9.59 Å². The van der Waals surface area contributed by atoms with Crippen LogP contribution in [0.4, 0.5) is 15.8 Å². The van der Waals surface area contributed by atoms with Crippen LogP contribution in [0.15, 0.2) is 42.5 Å². The number of likely N-dealkylation sites (tertiary alicyclic amines) is 1. The third kappa shape index (κ3) is 2.93. The molecule has 6 nitrogen and oxygen atoms in total. The molecule has 2 saturated heterocycles. The molecule has 2 aliphatic rings. The van der Waals surface area contributed by atoms with E-state index in [2.05, 4.69) is 15.2 Å². The molecule has 2 N–H and O–H groups in total. The van der Waals surface area contributed by atoms with Crippen LogP contribution in [0.2, 0.25) is 0 Å². The largest absolute Gasteiger partial charge is 0.355 e. The number of carbonyl (C=O) groups excluding carboxylic acids is 2. The number of hydrogen-bond acceptors (Lipinski definition) is 3. The summed E-state index contributed by atoms with van der Waals surface area (Å²) >= 11 is 0. The summed E-state index contributed by atoms with van der Waals surface area (Å²) in [5.74, 6) is -0.545. The zero-order valence-corrected chi connectivity index (χ0v) is 16.9. The number of hydrogen-bond donors (Lipinski definition) is 2. The minimum absolute atomic E-state index is 0.139. The highest BCUT2D eigenvalue weighted by Crippen LogP contribution is 2.36. The average Bonchev–Trinajstić information content (AvgIpc) is 3.33. The topological polar surface area (TPSA) is 68.4 Å². The number of carbonyl (C=O) groups is 2. The lowest BCUT2D eigenvalue weighted by Crippen LogP contribution is -2.56. The van der Waals surface area contributed by atoms with Gasteiger partial charge in [-0.15, -0.1) is 0 Å². The van der Waals surface area contributed by atoms with Gasteiger partial charge < -0.3 is 20.1 Å². The summed E-state index contributed by atoms with van der Waals surface area (Å²) in [6, 6.07) is 12.3. The number of nitrogens with zero attached hydrogens (tertiary/aromatic N) is 2. The van der Waals surface area contributed by atoms with E-state index in [0.717, 1.165) is 24.1 Å². The summed E-state index contributed by atoms with van der Waals surface area (Å²) < 4.78 is 14.1. The van der Waals surface area contributed by atoms with Crippen molar-refractivity contribution in [3.63, 3.8) is 0 Å². The molecule has 0 spiro atoms. The number of aryl methyl sites for hydroxylation is 1. The lowest BCUT2D eigenvalue weighted by molar-refractivity contribution is -0.132. The zero-order chi connectivity index (χ0) is 21.0. The summed E-state index contributed by atoms with van der Waals surface area (Å²) in [6.45, 7) is 2.58. The first kappa shape index (κ1) is 18.7. The SMILES string of the molecule is Cc1ccc(F)c2cc(C(=O)Nc3cccc(N4C5CCC4C(=O)N(C)C5)c3)[nH]c12. The highest BCUT2D eigenvalue weighted by molar-refractivity contribution is 6.06. The summed E-state index contributed by atoms with van der Waals surface area (Å²) in [5.41, 5.74) is 3.38. The predicted octanol–water partition coefficient (Wildman–Crippen LogP) is 3.68. The number of nitrogens with one attached hydrogen (secondary N) is 2. The van der Waals surface area contributed by atoms with Crippen LogP contribution in [-0.4, -0.2) is 47.4 Å². The summed E-state index contributed by atoms with van der Waals surface area (Å²) in [6.07, 6.45) is 1.84. The van der Waals surface area contributed by atoms with Gasteiger partial charge in [-0.2, -0.15) is 0 Å². The maximum absolute atomic E-state index is 14.1. The molecular weight excluding hydrogens is 383 g/mol. The fourth-order valence-electron chi connectivity index (χ4n) is 4.75. The van der Waals surface area contributed by atoms with E-state index in [1.54, 1.807) is 6.07 Å². The number of amides is 2. The Morgan fingerprint density at radius 3 is 2.83 bits per heavy atom. The van der Waals surface area contributed by atoms with Crippen molar-refractivity contribution >= 4 is 34.1 Å². The first-order valence-electron chi connectivity index (χ1n) is 10.1. The highest BCUT2D eigenvalue weighted by atomic mass is 19.1. The van der Waals surface area contributed by atoms with Gasteiger partial charge >= 0.3 is 0 Å². The minimum Gasteiger partial charge on any atom is -0.355 e. The molecule has 5 rings (SSSR count). The molecule has 2 amide bonds. The van der Waals surface area contributed by atoms with E-state index in [-0.39, 0.29) is 23.7 Å². The van der Waals surface area contributed by atoms with Gasteiger partial charge in [0, 0.05) is 36.4 Å². The molecule has 2 fully saturated rings. The van der Waals surface area contributed by atoms with Gasteiger partial charge in [0.25, 0.3) is 5.91 Å². The van der Waals surface area contributed by atoms with Crippen LogP contribution in [0.1, 0.15) is 28.9 Å². The second kappa shape index (κ2) is 6.86. The molecule has 2 bridgehead atoms. The van der Waals surface area contributed by atoms with Crippen LogP contribution in [0.5, 0.6) is 0 Å². The van der Waals surface area contributed by atoms with Crippen LogP contribution >= 0.6 is 0 Å². The Balaban J connectivity index is 1.40. The molecule has 0 saturated carbocycles. The molecular formula is C23H23FN4O2. The molecule has 30 heavy (non-hydrogen) atoms. The van der Waals surface area contributed by atoms with E-state index >= 15 is 0 Å². The standard InChI is InChI=1S/C23H23FN4O2/c1-13-6-8-18(24)17-11-19(26-21(13)17)22(29)25-14-4-3-5-15(10-14)28-16-7-9-20(28)23(30)27(2)12-16/h3-6,8,10-11,16,20,26H,7,9,12H2,1-2H3,(H,25,29). The van der Waals surface area contributed by atoms with Gasteiger partial charge in [0.15, 0.2) is 0 Å². The number of piperazine rings is 1. The smallest absolute Gasteiger partial charge is 0.272 e. The van der Waals surface area contributed by atoms with E-state index in [1.807, 2.05) is 43.1 Å². The highest BCUT2D eigenvalue weighted by Gasteiger charge is 2.44. The van der Waals surface area contributed by atoms with E-state index in [0.29, 0.717) is 34.9 Å². The van der Waals surface area contributed by atoms with E-state index in [4.69, 9.17) is 0 Å². The number of anilines is 2. The van der Waals surface area contributed by atoms with E-state index < -0.39 is 0 Å². The third-order valence-electron chi connectivity index (χ3n) is 6.24. The van der Waals surface area contributed by atoms with Crippen molar-refractivity contribution in [2.75, 3.05) is 23.8 Å². The molecule has 2 aliphatic heterocycles. The predicted molar refractivity (Wildman–Crippen MR) is 114 cm³/mol. The summed E-state index contributed by atoms with van der Waals surface area (Å²) in [7, 11) is 1.85. The van der Waals surface area contributed by atoms with Gasteiger partial charge in [0.05, 0.1) is 5.52 Å². The molecule has 0 aliphatic carbocycles. The second-order valence-corrected chi connectivity index (χ2v) is 8.21. The fraction of sp³-hybridized carbons (Fsp3) is 0.304. The molecule has 1 aromatic heterocycles. The number of aromatic nitrogens is 1. The average molecular weight is 406 g/mol. The molecule has 2 atom stereocenters. The van der Waals surface area contributed by atoms with Gasteiger partial charge in [-0.1, -0.05) is 12.1 Å². The Kier molecular flexibility index (Phi) is 4.27. The summed E-state index contributed by atoms with van der Waals surface area (Å²) in [4.78, 5) is 32.3. The number of H-pyrrole nitrogens is 1. The monoisotopic (exact) mass is 406 g/mol. The molecule has 154 valence electrons. The van der Waals surface area contributed by atoms with Crippen LogP contribution < -0.4 is 10.2 Å². The number of likely N-dealkylation sites (N-methyl/N-ethyl adjacent to an activating group) is 1. The quantitative estimate of drug-likeness (QED) is 0.697. The Morgan fingerprint density at radius 2 is 2.03 bits per heavy atom. The van der Waals surface area contributed by atoms with Crippen LogP contribution in [0, 0.1) is 12.7 Å². The Bertz CT molecular complexity index is 1130. The van der Waals surface area contributed by atoms with Gasteiger partial charge in [-0.25, -0.2) is 4.39 Å². The van der Waals surface area contributed by atoms with Crippen LogP contribution in [-0.2, 0) is 4.79 Å². The van der Waals surface area contributed by atoms with Crippen LogP contribution in [0.25, 0.3) is 10.9 Å². The molecule has 3 heterocycles. The van der Waals surface area contributed by atoms with Crippen molar-refractivity contribution in [3.8, 4) is 0 Å². The molecule has 0 radical (unpaired) electrons. The first-order chi connectivity index (χ1) is 14.4. The van der Waals surface area contributed by atoms with Crippen molar-refractivity contribution in [1.82, 2.24) is 9.88 Å². The van der Waals surface area contributed by atoms with Crippen molar-refractivity contribution in [1.29, 1.82) is 0 Å². The second-order valence-electron chi connectivity index (χ2n) is 8.21. The fourth-order valence-corrected chi connectivity index (χ4v) is 4.75. The molecule has 3 aromatic rings.